The number of furan rings is 1. The van der Waals surface area contributed by atoms with Crippen LogP contribution in [-0.4, -0.2) is 4.98 Å². The molecule has 2 aromatic rings. The molecule has 4 heteroatoms. The molecular formula is C15H18N2OS. The van der Waals surface area contributed by atoms with Crippen molar-refractivity contribution in [3.63, 3.8) is 0 Å². The molecule has 0 aliphatic heterocycles. The first kappa shape index (κ1) is 11.7. The van der Waals surface area contributed by atoms with Crippen molar-refractivity contribution in [3.05, 3.63) is 28.5 Å². The molecule has 3 atom stereocenters. The van der Waals surface area contributed by atoms with E-state index >= 15 is 0 Å². The summed E-state index contributed by atoms with van der Waals surface area (Å²) in [6.07, 6.45) is 4.55. The van der Waals surface area contributed by atoms with E-state index in [1.807, 2.05) is 0 Å². The minimum absolute atomic E-state index is 0.174. The van der Waals surface area contributed by atoms with Crippen molar-refractivity contribution in [1.82, 2.24) is 4.98 Å². The Morgan fingerprint density at radius 2 is 2.26 bits per heavy atom. The lowest BCUT2D eigenvalue weighted by Crippen LogP contribution is -2.15. The van der Waals surface area contributed by atoms with E-state index in [1.165, 1.54) is 17.0 Å². The highest BCUT2D eigenvalue weighted by Gasteiger charge is 2.36. The maximum absolute atomic E-state index is 6.16. The van der Waals surface area contributed by atoms with Crippen LogP contribution in [0.1, 0.15) is 54.5 Å². The fourth-order valence-electron chi connectivity index (χ4n) is 2.94. The SMILES string of the molecule is CC1CC1c1ccc(-c2nc3c(s2)C(N)CCC3)o1. The lowest BCUT2D eigenvalue weighted by Gasteiger charge is -2.15. The van der Waals surface area contributed by atoms with Gasteiger partial charge >= 0.3 is 0 Å². The summed E-state index contributed by atoms with van der Waals surface area (Å²) in [5, 5.41) is 1.00. The second-order valence-electron chi connectivity index (χ2n) is 5.85. The van der Waals surface area contributed by atoms with E-state index in [-0.39, 0.29) is 6.04 Å². The molecule has 4 rings (SSSR count). The lowest BCUT2D eigenvalue weighted by atomic mass is 9.99. The minimum Gasteiger partial charge on any atom is -0.458 e. The Morgan fingerprint density at radius 1 is 1.42 bits per heavy atom. The van der Waals surface area contributed by atoms with Crippen LogP contribution < -0.4 is 5.73 Å². The summed E-state index contributed by atoms with van der Waals surface area (Å²) in [7, 11) is 0. The van der Waals surface area contributed by atoms with Gasteiger partial charge in [-0.15, -0.1) is 11.3 Å². The zero-order valence-electron chi connectivity index (χ0n) is 11.1. The van der Waals surface area contributed by atoms with Crippen molar-refractivity contribution in [1.29, 1.82) is 0 Å². The Hall–Kier alpha value is -1.13. The van der Waals surface area contributed by atoms with Crippen molar-refractivity contribution in [2.45, 2.75) is 44.6 Å². The molecule has 2 aromatic heterocycles. The van der Waals surface area contributed by atoms with Crippen LogP contribution in [-0.2, 0) is 6.42 Å². The van der Waals surface area contributed by atoms with E-state index in [1.54, 1.807) is 11.3 Å². The zero-order chi connectivity index (χ0) is 13.0. The lowest BCUT2D eigenvalue weighted by molar-refractivity contribution is 0.517. The molecule has 3 nitrogen and oxygen atoms in total. The largest absolute Gasteiger partial charge is 0.458 e. The number of hydrogen-bond donors (Lipinski definition) is 1. The summed E-state index contributed by atoms with van der Waals surface area (Å²) in [5.41, 5.74) is 7.35. The van der Waals surface area contributed by atoms with E-state index < -0.39 is 0 Å². The summed E-state index contributed by atoms with van der Waals surface area (Å²) >= 11 is 1.71. The van der Waals surface area contributed by atoms with Crippen LogP contribution >= 0.6 is 11.3 Å². The molecule has 1 saturated carbocycles. The Kier molecular flexibility index (Phi) is 2.57. The van der Waals surface area contributed by atoms with Crippen molar-refractivity contribution in [2.24, 2.45) is 11.7 Å². The van der Waals surface area contributed by atoms with E-state index in [9.17, 15) is 0 Å². The number of nitrogens with zero attached hydrogens (tertiary/aromatic N) is 1. The summed E-state index contributed by atoms with van der Waals surface area (Å²) in [6, 6.07) is 4.35. The average Bonchev–Trinajstić information content (AvgIpc) is 2.85. The molecule has 0 bridgehead atoms. The van der Waals surface area contributed by atoms with Gasteiger partial charge in [-0.3, -0.25) is 0 Å². The number of nitrogens with two attached hydrogens (primary N) is 1. The number of thiazole rings is 1. The van der Waals surface area contributed by atoms with E-state index in [0.29, 0.717) is 5.92 Å². The van der Waals surface area contributed by atoms with Crippen LogP contribution in [0.3, 0.4) is 0 Å². The highest BCUT2D eigenvalue weighted by Crippen LogP contribution is 2.48. The zero-order valence-corrected chi connectivity index (χ0v) is 11.9. The monoisotopic (exact) mass is 274 g/mol. The van der Waals surface area contributed by atoms with Gasteiger partial charge in [-0.05, 0) is 43.7 Å². The summed E-state index contributed by atoms with van der Waals surface area (Å²) in [5.74, 6) is 3.45. The van der Waals surface area contributed by atoms with E-state index in [0.717, 1.165) is 41.7 Å². The number of rotatable bonds is 2. The van der Waals surface area contributed by atoms with Crippen molar-refractivity contribution < 1.29 is 4.42 Å². The van der Waals surface area contributed by atoms with Crippen LogP contribution in [0.15, 0.2) is 16.5 Å². The molecular weight excluding hydrogens is 256 g/mol. The van der Waals surface area contributed by atoms with Gasteiger partial charge in [0.05, 0.1) is 5.69 Å². The van der Waals surface area contributed by atoms with Crippen LogP contribution in [0, 0.1) is 5.92 Å². The molecule has 0 aromatic carbocycles. The van der Waals surface area contributed by atoms with Gasteiger partial charge < -0.3 is 10.2 Å². The van der Waals surface area contributed by atoms with Gasteiger partial charge in [0.25, 0.3) is 0 Å². The first-order valence-electron chi connectivity index (χ1n) is 7.07. The van der Waals surface area contributed by atoms with Crippen molar-refractivity contribution in [3.8, 4) is 10.8 Å². The Labute approximate surface area is 116 Å². The first-order valence-corrected chi connectivity index (χ1v) is 7.89. The topological polar surface area (TPSA) is 52.0 Å². The molecule has 19 heavy (non-hydrogen) atoms. The summed E-state index contributed by atoms with van der Waals surface area (Å²) in [4.78, 5) is 5.99. The maximum atomic E-state index is 6.16. The fourth-order valence-corrected chi connectivity index (χ4v) is 4.05. The molecule has 0 amide bonds. The summed E-state index contributed by atoms with van der Waals surface area (Å²) < 4.78 is 5.98. The van der Waals surface area contributed by atoms with E-state index in [2.05, 4.69) is 19.1 Å². The number of fused-ring (bicyclic) bond motifs is 1. The quantitative estimate of drug-likeness (QED) is 0.904. The average molecular weight is 274 g/mol. The van der Waals surface area contributed by atoms with Gasteiger partial charge in [0.2, 0.25) is 0 Å². The first-order chi connectivity index (χ1) is 9.22. The van der Waals surface area contributed by atoms with Crippen molar-refractivity contribution >= 4 is 11.3 Å². The molecule has 2 aliphatic rings. The van der Waals surface area contributed by atoms with Crippen molar-refractivity contribution in [2.75, 3.05) is 0 Å². The second-order valence-corrected chi connectivity index (χ2v) is 6.88. The van der Waals surface area contributed by atoms with Crippen LogP contribution in [0.2, 0.25) is 0 Å². The van der Waals surface area contributed by atoms with Gasteiger partial charge in [-0.2, -0.15) is 0 Å². The smallest absolute Gasteiger partial charge is 0.162 e. The molecule has 2 aliphatic carbocycles. The Bertz CT molecular complexity index is 615. The highest BCUT2D eigenvalue weighted by atomic mass is 32.1. The molecule has 100 valence electrons. The molecule has 2 heterocycles. The molecule has 3 unspecified atom stereocenters. The predicted molar refractivity (Wildman–Crippen MR) is 76.2 cm³/mol. The van der Waals surface area contributed by atoms with E-state index in [4.69, 9.17) is 15.1 Å². The second kappa shape index (κ2) is 4.18. The third kappa shape index (κ3) is 1.94. The van der Waals surface area contributed by atoms with Crippen LogP contribution in [0.5, 0.6) is 0 Å². The van der Waals surface area contributed by atoms with Crippen LogP contribution in [0.25, 0.3) is 10.8 Å². The minimum atomic E-state index is 0.174. The van der Waals surface area contributed by atoms with Crippen LogP contribution in [0.4, 0.5) is 0 Å². The highest BCUT2D eigenvalue weighted by molar-refractivity contribution is 7.15. The molecule has 1 fully saturated rings. The summed E-state index contributed by atoms with van der Waals surface area (Å²) in [6.45, 7) is 2.27. The normalized spacial score (nSPS) is 29.3. The van der Waals surface area contributed by atoms with Gasteiger partial charge in [0.1, 0.15) is 5.76 Å². The number of aromatic nitrogens is 1. The maximum Gasteiger partial charge on any atom is 0.162 e. The van der Waals surface area contributed by atoms with Gasteiger partial charge in [-0.25, -0.2) is 4.98 Å². The van der Waals surface area contributed by atoms with Gasteiger partial charge in [0.15, 0.2) is 10.8 Å². The number of aryl methyl sites for hydroxylation is 1. The molecule has 0 spiro atoms. The predicted octanol–water partition coefficient (Wildman–Crippen LogP) is 3.86. The third-order valence-electron chi connectivity index (χ3n) is 4.31. The standard InChI is InChI=1S/C15H18N2OS/c1-8-7-9(8)12-5-6-13(18-12)15-17-11-4-2-3-10(16)14(11)19-15/h5-6,8-10H,2-4,7,16H2,1H3. The Morgan fingerprint density at radius 3 is 3.00 bits per heavy atom. The molecule has 0 radical (unpaired) electrons. The fraction of sp³-hybridized carbons (Fsp3) is 0.533. The molecule has 2 N–H and O–H groups in total. The third-order valence-corrected chi connectivity index (χ3v) is 5.55. The Balaban J connectivity index is 1.67. The van der Waals surface area contributed by atoms with Gasteiger partial charge in [0, 0.05) is 16.8 Å². The molecule has 0 saturated heterocycles. The number of hydrogen-bond acceptors (Lipinski definition) is 4. The van der Waals surface area contributed by atoms with Gasteiger partial charge in [-0.1, -0.05) is 6.92 Å².